The molecule has 0 aliphatic rings. The van der Waals surface area contributed by atoms with Crippen molar-refractivity contribution < 1.29 is 8.78 Å². The fourth-order valence-electron chi connectivity index (χ4n) is 3.65. The SMILES string of the molecule is Cc1nc2ncc(-n3ccc4ncc(N=CC=CN)nc43)cc2n1Cc1cc(F)cc(F)c1. The molecule has 0 radical (unpaired) electrons. The summed E-state index contributed by atoms with van der Waals surface area (Å²) in [6.07, 6.45) is 9.61. The van der Waals surface area contributed by atoms with Crippen LogP contribution in [0, 0.1) is 18.6 Å². The van der Waals surface area contributed by atoms with E-state index in [1.807, 2.05) is 34.4 Å². The van der Waals surface area contributed by atoms with Crippen LogP contribution in [0.4, 0.5) is 14.6 Å². The number of fused-ring (bicyclic) bond motifs is 2. The second-order valence-electron chi connectivity index (χ2n) is 7.34. The Morgan fingerprint density at radius 3 is 2.67 bits per heavy atom. The number of aryl methyl sites for hydroxylation is 1. The molecule has 4 heterocycles. The van der Waals surface area contributed by atoms with Crippen molar-refractivity contribution in [1.29, 1.82) is 0 Å². The van der Waals surface area contributed by atoms with E-state index in [9.17, 15) is 8.78 Å². The molecule has 0 aliphatic heterocycles. The highest BCUT2D eigenvalue weighted by Gasteiger charge is 2.14. The number of imidazole rings is 1. The van der Waals surface area contributed by atoms with Crippen LogP contribution in [-0.2, 0) is 6.54 Å². The Balaban J connectivity index is 1.59. The van der Waals surface area contributed by atoms with Gasteiger partial charge < -0.3 is 10.3 Å². The molecule has 10 heteroatoms. The van der Waals surface area contributed by atoms with E-state index >= 15 is 0 Å². The lowest BCUT2D eigenvalue weighted by Gasteiger charge is -2.09. The first-order chi connectivity index (χ1) is 16.0. The van der Waals surface area contributed by atoms with E-state index in [1.54, 1.807) is 18.5 Å². The minimum Gasteiger partial charge on any atom is -0.405 e. The Hall–Kier alpha value is -4.47. The normalized spacial score (nSPS) is 12.1. The van der Waals surface area contributed by atoms with E-state index in [2.05, 4.69) is 24.9 Å². The highest BCUT2D eigenvalue weighted by Crippen LogP contribution is 2.23. The van der Waals surface area contributed by atoms with Crippen molar-refractivity contribution >= 4 is 34.4 Å². The van der Waals surface area contributed by atoms with Gasteiger partial charge in [0.25, 0.3) is 0 Å². The minimum atomic E-state index is -0.622. The molecule has 5 aromatic rings. The van der Waals surface area contributed by atoms with Crippen LogP contribution in [0.3, 0.4) is 0 Å². The summed E-state index contributed by atoms with van der Waals surface area (Å²) in [6, 6.07) is 7.22. The molecule has 0 bridgehead atoms. The van der Waals surface area contributed by atoms with Crippen LogP contribution in [0.1, 0.15) is 11.4 Å². The zero-order chi connectivity index (χ0) is 22.9. The Morgan fingerprint density at radius 1 is 1.06 bits per heavy atom. The monoisotopic (exact) mass is 444 g/mol. The summed E-state index contributed by atoms with van der Waals surface area (Å²) in [5, 5.41) is 0. The van der Waals surface area contributed by atoms with E-state index in [4.69, 9.17) is 5.73 Å². The van der Waals surface area contributed by atoms with Gasteiger partial charge in [-0.1, -0.05) is 0 Å². The summed E-state index contributed by atoms with van der Waals surface area (Å²) < 4.78 is 31.1. The van der Waals surface area contributed by atoms with Crippen LogP contribution >= 0.6 is 0 Å². The standard InChI is InChI=1S/C23H18F2N8/c1-14-30-22-20(33(14)13-15-7-16(24)9-17(25)8-15)10-18(11-29-22)32-6-3-19-23(32)31-21(12-28-19)27-5-2-4-26/h2-12H,13,26H2,1H3. The molecule has 2 N–H and O–H groups in total. The number of nitrogens with zero attached hydrogens (tertiary/aromatic N) is 7. The quantitative estimate of drug-likeness (QED) is 0.414. The average molecular weight is 444 g/mol. The third kappa shape index (κ3) is 3.93. The molecule has 164 valence electrons. The van der Waals surface area contributed by atoms with Crippen molar-refractivity contribution in [3.63, 3.8) is 0 Å². The fourth-order valence-corrected chi connectivity index (χ4v) is 3.65. The highest BCUT2D eigenvalue weighted by molar-refractivity contribution is 5.79. The molecule has 8 nitrogen and oxygen atoms in total. The number of hydrogen-bond donors (Lipinski definition) is 1. The number of aromatic nitrogens is 6. The van der Waals surface area contributed by atoms with E-state index in [0.717, 1.165) is 17.3 Å². The van der Waals surface area contributed by atoms with Crippen molar-refractivity contribution in [3.05, 3.63) is 84.2 Å². The fraction of sp³-hybridized carbons (Fsp3) is 0.0870. The number of pyridine rings is 1. The van der Waals surface area contributed by atoms with Crippen LogP contribution in [-0.4, -0.2) is 35.3 Å². The predicted octanol–water partition coefficient (Wildman–Crippen LogP) is 3.97. The third-order valence-corrected chi connectivity index (χ3v) is 5.11. The molecule has 33 heavy (non-hydrogen) atoms. The molecular formula is C23H18F2N8. The second kappa shape index (κ2) is 8.23. The first-order valence-corrected chi connectivity index (χ1v) is 10.0. The summed E-state index contributed by atoms with van der Waals surface area (Å²) in [6.45, 7) is 2.08. The molecule has 0 aliphatic carbocycles. The molecule has 0 spiro atoms. The summed E-state index contributed by atoms with van der Waals surface area (Å²) in [4.78, 5) is 22.2. The van der Waals surface area contributed by atoms with Gasteiger partial charge in [0.1, 0.15) is 23.0 Å². The molecule has 1 aromatic carbocycles. The van der Waals surface area contributed by atoms with Crippen molar-refractivity contribution in [1.82, 2.24) is 29.1 Å². The van der Waals surface area contributed by atoms with Gasteiger partial charge in [0.2, 0.25) is 0 Å². The van der Waals surface area contributed by atoms with E-state index in [1.165, 1.54) is 24.5 Å². The first-order valence-electron chi connectivity index (χ1n) is 10.0. The van der Waals surface area contributed by atoms with Crippen LogP contribution in [0.15, 0.2) is 66.2 Å². The Bertz CT molecular complexity index is 1530. The number of nitrogens with two attached hydrogens (primary N) is 1. The van der Waals surface area contributed by atoms with Gasteiger partial charge >= 0.3 is 0 Å². The molecular weight excluding hydrogens is 426 g/mol. The highest BCUT2D eigenvalue weighted by atomic mass is 19.1. The van der Waals surface area contributed by atoms with Crippen molar-refractivity contribution in [2.75, 3.05) is 0 Å². The lowest BCUT2D eigenvalue weighted by atomic mass is 10.2. The average Bonchev–Trinajstić information content (AvgIpc) is 3.33. The maximum Gasteiger partial charge on any atom is 0.178 e. The van der Waals surface area contributed by atoms with Crippen LogP contribution in [0.2, 0.25) is 0 Å². The van der Waals surface area contributed by atoms with Gasteiger partial charge in [0.05, 0.1) is 23.6 Å². The molecule has 0 saturated heterocycles. The van der Waals surface area contributed by atoms with E-state index in [-0.39, 0.29) is 6.54 Å². The summed E-state index contributed by atoms with van der Waals surface area (Å²) >= 11 is 0. The summed E-state index contributed by atoms with van der Waals surface area (Å²) in [7, 11) is 0. The molecule has 0 atom stereocenters. The number of halogens is 2. The molecule has 0 amide bonds. The van der Waals surface area contributed by atoms with Gasteiger partial charge in [-0.15, -0.1) is 0 Å². The number of allylic oxidation sites excluding steroid dienone is 1. The van der Waals surface area contributed by atoms with Crippen molar-refractivity contribution in [2.45, 2.75) is 13.5 Å². The van der Waals surface area contributed by atoms with Crippen molar-refractivity contribution in [2.24, 2.45) is 10.7 Å². The lowest BCUT2D eigenvalue weighted by Crippen LogP contribution is -2.04. The van der Waals surface area contributed by atoms with E-state index in [0.29, 0.717) is 34.0 Å². The number of hydrogen-bond acceptors (Lipinski definition) is 6. The molecule has 0 unspecified atom stereocenters. The Morgan fingerprint density at radius 2 is 1.88 bits per heavy atom. The van der Waals surface area contributed by atoms with Gasteiger partial charge in [0, 0.05) is 25.0 Å². The first kappa shape index (κ1) is 20.4. The molecule has 0 fully saturated rings. The smallest absolute Gasteiger partial charge is 0.178 e. The summed E-state index contributed by atoms with van der Waals surface area (Å²) in [5.41, 5.74) is 9.13. The van der Waals surface area contributed by atoms with Gasteiger partial charge in [-0.2, -0.15) is 0 Å². The number of aliphatic imine (C=N–C) groups is 1. The predicted molar refractivity (Wildman–Crippen MR) is 122 cm³/mol. The minimum absolute atomic E-state index is 0.252. The molecule has 4 aromatic heterocycles. The topological polar surface area (TPSA) is 99.8 Å². The van der Waals surface area contributed by atoms with Gasteiger partial charge in [0.15, 0.2) is 17.1 Å². The van der Waals surface area contributed by atoms with Crippen LogP contribution in [0.5, 0.6) is 0 Å². The lowest BCUT2D eigenvalue weighted by molar-refractivity contribution is 0.577. The number of rotatable bonds is 5. The zero-order valence-corrected chi connectivity index (χ0v) is 17.5. The van der Waals surface area contributed by atoms with Crippen molar-refractivity contribution in [3.8, 4) is 5.69 Å². The third-order valence-electron chi connectivity index (χ3n) is 5.11. The van der Waals surface area contributed by atoms with E-state index < -0.39 is 11.6 Å². The maximum atomic E-state index is 13.7. The Labute approximate surface area is 186 Å². The van der Waals surface area contributed by atoms with Crippen LogP contribution in [0.25, 0.3) is 28.0 Å². The maximum absolute atomic E-state index is 13.7. The van der Waals surface area contributed by atoms with Crippen LogP contribution < -0.4 is 5.73 Å². The van der Waals surface area contributed by atoms with Gasteiger partial charge in [-0.3, -0.25) is 4.57 Å². The zero-order valence-electron chi connectivity index (χ0n) is 17.5. The van der Waals surface area contributed by atoms with Gasteiger partial charge in [-0.25, -0.2) is 33.7 Å². The summed E-state index contributed by atoms with van der Waals surface area (Å²) in [5.74, 6) is -0.128. The molecule has 5 rings (SSSR count). The second-order valence-corrected chi connectivity index (χ2v) is 7.34. The molecule has 0 saturated carbocycles. The van der Waals surface area contributed by atoms with Gasteiger partial charge in [-0.05, 0) is 49.0 Å². The Kier molecular flexibility index (Phi) is 5.09. The number of benzene rings is 1. The largest absolute Gasteiger partial charge is 0.405 e.